The van der Waals surface area contributed by atoms with Crippen LogP contribution >= 0.6 is 22.6 Å². The Hall–Kier alpha value is -0.250. The molecule has 0 spiro atoms. The number of halogens is 1. The van der Waals surface area contributed by atoms with E-state index in [2.05, 4.69) is 48.1 Å². The molecule has 1 aromatic carbocycles. The first kappa shape index (κ1) is 11.8. The average molecular weight is 303 g/mol. The minimum Gasteiger partial charge on any atom is -0.494 e. The van der Waals surface area contributed by atoms with E-state index >= 15 is 0 Å². The van der Waals surface area contributed by atoms with Crippen molar-refractivity contribution in [1.29, 1.82) is 0 Å². The predicted molar refractivity (Wildman–Crippen MR) is 68.5 cm³/mol. The predicted octanol–water partition coefficient (Wildman–Crippen LogP) is 4.06. The van der Waals surface area contributed by atoms with E-state index < -0.39 is 0 Å². The number of rotatable bonds is 6. The number of benzene rings is 1. The Morgan fingerprint density at radius 3 is 2.57 bits per heavy atom. The van der Waals surface area contributed by atoms with Gasteiger partial charge in [0.15, 0.2) is 0 Å². The molecule has 0 aromatic heterocycles. The van der Waals surface area contributed by atoms with Gasteiger partial charge in [-0.1, -0.05) is 19.8 Å². The highest BCUT2D eigenvalue weighted by Crippen LogP contribution is 2.13. The molecule has 0 saturated carbocycles. The summed E-state index contributed by atoms with van der Waals surface area (Å²) in [6.45, 7) is 2.98. The lowest BCUT2D eigenvalue weighted by atomic mass is 10.2. The Morgan fingerprint density at radius 1 is 1.21 bits per heavy atom. The van der Waals surface area contributed by atoms with E-state index in [0.29, 0.717) is 0 Å². The van der Waals surface area contributed by atoms with Crippen molar-refractivity contribution in [3.05, 3.63) is 34.3 Å². The van der Waals surface area contributed by atoms with Gasteiger partial charge < -0.3 is 4.74 Å². The highest BCUT2D eigenvalue weighted by atomic mass is 127. The van der Waals surface area contributed by atoms with Gasteiger partial charge >= 0.3 is 0 Å². The van der Waals surface area contributed by atoms with Crippen molar-refractivity contribution in [2.45, 2.75) is 26.2 Å². The maximum Gasteiger partial charge on any atom is 0.119 e. The van der Waals surface area contributed by atoms with E-state index in [9.17, 15) is 0 Å². The molecule has 0 bridgehead atoms. The van der Waals surface area contributed by atoms with Crippen LogP contribution in [-0.4, -0.2) is 6.61 Å². The van der Waals surface area contributed by atoms with Gasteiger partial charge in [-0.2, -0.15) is 0 Å². The van der Waals surface area contributed by atoms with E-state index in [1.54, 1.807) is 0 Å². The van der Waals surface area contributed by atoms with Crippen molar-refractivity contribution in [1.82, 2.24) is 0 Å². The van der Waals surface area contributed by atoms with E-state index in [-0.39, 0.29) is 0 Å². The van der Waals surface area contributed by atoms with Gasteiger partial charge in [-0.05, 0) is 59.7 Å². The number of ether oxygens (including phenoxy) is 1. The average Bonchev–Trinajstić information content (AvgIpc) is 2.21. The molecule has 0 aliphatic rings. The van der Waals surface area contributed by atoms with Crippen LogP contribution in [0.3, 0.4) is 0 Å². The normalized spacial score (nSPS) is 10.1. The SMILES string of the molecule is CCC[CH]CCOc1ccc(I)cc1. The third-order valence-electron chi connectivity index (χ3n) is 1.90. The summed E-state index contributed by atoms with van der Waals surface area (Å²) in [5, 5.41) is 0. The highest BCUT2D eigenvalue weighted by molar-refractivity contribution is 14.1. The van der Waals surface area contributed by atoms with Gasteiger partial charge in [-0.15, -0.1) is 0 Å². The van der Waals surface area contributed by atoms with Gasteiger partial charge in [0.05, 0.1) is 6.61 Å². The Kier molecular flexibility index (Phi) is 5.99. The summed E-state index contributed by atoms with van der Waals surface area (Å²) < 4.78 is 6.82. The molecule has 14 heavy (non-hydrogen) atoms. The Balaban J connectivity index is 2.15. The zero-order valence-corrected chi connectivity index (χ0v) is 10.7. The minimum absolute atomic E-state index is 0.792. The molecule has 1 radical (unpaired) electrons. The summed E-state index contributed by atoms with van der Waals surface area (Å²) >= 11 is 2.29. The third-order valence-corrected chi connectivity index (χ3v) is 2.62. The van der Waals surface area contributed by atoms with Crippen molar-refractivity contribution in [3.63, 3.8) is 0 Å². The topological polar surface area (TPSA) is 9.23 Å². The van der Waals surface area contributed by atoms with Crippen LogP contribution in [0.25, 0.3) is 0 Å². The molecule has 77 valence electrons. The zero-order chi connectivity index (χ0) is 10.2. The number of hydrogen-bond acceptors (Lipinski definition) is 1. The smallest absolute Gasteiger partial charge is 0.119 e. The molecule has 1 nitrogen and oxygen atoms in total. The van der Waals surface area contributed by atoms with Crippen LogP contribution in [0.5, 0.6) is 5.75 Å². The fourth-order valence-corrected chi connectivity index (χ4v) is 1.50. The van der Waals surface area contributed by atoms with Gasteiger partial charge in [0.25, 0.3) is 0 Å². The van der Waals surface area contributed by atoms with Gasteiger partial charge in [0, 0.05) is 3.57 Å². The molecule has 0 heterocycles. The summed E-state index contributed by atoms with van der Waals surface area (Å²) in [6, 6.07) is 8.15. The molecule has 0 amide bonds. The van der Waals surface area contributed by atoms with Crippen LogP contribution in [0.4, 0.5) is 0 Å². The van der Waals surface area contributed by atoms with E-state index in [1.165, 1.54) is 16.4 Å². The maximum absolute atomic E-state index is 5.57. The van der Waals surface area contributed by atoms with Gasteiger partial charge in [-0.25, -0.2) is 0 Å². The van der Waals surface area contributed by atoms with Gasteiger partial charge in [0.2, 0.25) is 0 Å². The van der Waals surface area contributed by atoms with Crippen LogP contribution in [0.15, 0.2) is 24.3 Å². The lowest BCUT2D eigenvalue weighted by molar-refractivity contribution is 0.319. The first-order valence-electron chi connectivity index (χ1n) is 5.03. The lowest BCUT2D eigenvalue weighted by Crippen LogP contribution is -1.97. The fraction of sp³-hybridized carbons (Fsp3) is 0.417. The van der Waals surface area contributed by atoms with E-state index in [0.717, 1.165) is 18.8 Å². The molecule has 2 heteroatoms. The van der Waals surface area contributed by atoms with Gasteiger partial charge in [0.1, 0.15) is 5.75 Å². The quantitative estimate of drug-likeness (QED) is 0.569. The first-order valence-corrected chi connectivity index (χ1v) is 6.11. The molecule has 0 N–H and O–H groups in total. The third kappa shape index (κ3) is 4.84. The monoisotopic (exact) mass is 303 g/mol. The van der Waals surface area contributed by atoms with E-state index in [1.807, 2.05) is 12.1 Å². The summed E-state index contributed by atoms with van der Waals surface area (Å²) in [6.07, 6.45) is 5.74. The zero-order valence-electron chi connectivity index (χ0n) is 8.50. The molecule has 0 aliphatic heterocycles. The Morgan fingerprint density at radius 2 is 1.93 bits per heavy atom. The van der Waals surface area contributed by atoms with Crippen LogP contribution in [0, 0.1) is 9.99 Å². The van der Waals surface area contributed by atoms with Crippen LogP contribution in [0.1, 0.15) is 26.2 Å². The van der Waals surface area contributed by atoms with Crippen molar-refractivity contribution >= 4 is 22.6 Å². The standard InChI is InChI=1S/C12H16IO/c1-2-3-4-5-10-14-12-8-6-11(13)7-9-12/h4,6-9H,2-3,5,10H2,1H3. The first-order chi connectivity index (χ1) is 6.83. The largest absolute Gasteiger partial charge is 0.494 e. The molecule has 0 atom stereocenters. The second kappa shape index (κ2) is 7.10. The minimum atomic E-state index is 0.792. The molecule has 0 aliphatic carbocycles. The van der Waals surface area contributed by atoms with Crippen LogP contribution in [-0.2, 0) is 0 Å². The second-order valence-corrected chi connectivity index (χ2v) is 4.41. The number of hydrogen-bond donors (Lipinski definition) is 0. The summed E-state index contributed by atoms with van der Waals surface area (Å²) in [4.78, 5) is 0. The summed E-state index contributed by atoms with van der Waals surface area (Å²) in [7, 11) is 0. The molecule has 0 unspecified atom stereocenters. The highest BCUT2D eigenvalue weighted by Gasteiger charge is 1.93. The molecule has 0 saturated heterocycles. The Labute approximate surface area is 100.0 Å². The number of unbranched alkanes of at least 4 members (excludes halogenated alkanes) is 3. The molecule has 1 aromatic rings. The van der Waals surface area contributed by atoms with Crippen molar-refractivity contribution in [2.24, 2.45) is 0 Å². The maximum atomic E-state index is 5.57. The Bertz CT molecular complexity index is 243. The summed E-state index contributed by atoms with van der Waals surface area (Å²) in [5.41, 5.74) is 0. The van der Waals surface area contributed by atoms with Crippen molar-refractivity contribution < 1.29 is 4.74 Å². The lowest BCUT2D eigenvalue weighted by Gasteiger charge is -2.05. The molecule has 0 fully saturated rings. The summed E-state index contributed by atoms with van der Waals surface area (Å²) in [5.74, 6) is 0.968. The van der Waals surface area contributed by atoms with Crippen LogP contribution < -0.4 is 4.74 Å². The van der Waals surface area contributed by atoms with Crippen molar-refractivity contribution in [3.8, 4) is 5.75 Å². The second-order valence-electron chi connectivity index (χ2n) is 3.17. The van der Waals surface area contributed by atoms with Gasteiger partial charge in [-0.3, -0.25) is 0 Å². The van der Waals surface area contributed by atoms with Crippen molar-refractivity contribution in [2.75, 3.05) is 6.61 Å². The molecular formula is C12H16IO. The fourth-order valence-electron chi connectivity index (χ4n) is 1.14. The van der Waals surface area contributed by atoms with E-state index in [4.69, 9.17) is 4.74 Å². The van der Waals surface area contributed by atoms with Crippen LogP contribution in [0.2, 0.25) is 0 Å². The molecular weight excluding hydrogens is 287 g/mol. The molecule has 1 rings (SSSR count).